The molecule has 1 aromatic carbocycles. The van der Waals surface area contributed by atoms with Crippen LogP contribution in [0.25, 0.3) is 0 Å². The highest BCUT2D eigenvalue weighted by atomic mass is 19.4. The Bertz CT molecular complexity index is 648. The second-order valence-electron chi connectivity index (χ2n) is 5.60. The van der Waals surface area contributed by atoms with E-state index in [0.717, 1.165) is 12.1 Å². The van der Waals surface area contributed by atoms with Gasteiger partial charge in [0.15, 0.2) is 0 Å². The fourth-order valence-corrected chi connectivity index (χ4v) is 2.60. The lowest BCUT2D eigenvalue weighted by Crippen LogP contribution is -2.46. The molecule has 1 aliphatic rings. The molecule has 1 aliphatic heterocycles. The minimum Gasteiger partial charge on any atom is -0.335 e. The zero-order chi connectivity index (χ0) is 18.8. The van der Waals surface area contributed by atoms with Crippen molar-refractivity contribution in [3.8, 4) is 0 Å². The molecule has 138 valence electrons. The van der Waals surface area contributed by atoms with Gasteiger partial charge in [0.05, 0.1) is 11.3 Å². The SMILES string of the molecule is O=C(Nc1ccccc1C(F)(F)F)C1CCN(C(=O)C(F)(F)F)CC1. The van der Waals surface area contributed by atoms with Crippen molar-refractivity contribution in [1.29, 1.82) is 0 Å². The number of alkyl halides is 6. The summed E-state index contributed by atoms with van der Waals surface area (Å²) in [6.07, 6.45) is -9.74. The van der Waals surface area contributed by atoms with Crippen molar-refractivity contribution in [2.45, 2.75) is 25.2 Å². The van der Waals surface area contributed by atoms with Crippen LogP contribution in [0.15, 0.2) is 24.3 Å². The van der Waals surface area contributed by atoms with Crippen LogP contribution in [0.3, 0.4) is 0 Å². The largest absolute Gasteiger partial charge is 0.471 e. The molecule has 1 aromatic rings. The van der Waals surface area contributed by atoms with Crippen molar-refractivity contribution < 1.29 is 35.9 Å². The van der Waals surface area contributed by atoms with Gasteiger partial charge in [-0.05, 0) is 25.0 Å². The summed E-state index contributed by atoms with van der Waals surface area (Å²) in [5.74, 6) is -3.46. The van der Waals surface area contributed by atoms with Crippen molar-refractivity contribution in [3.05, 3.63) is 29.8 Å². The maximum atomic E-state index is 12.9. The van der Waals surface area contributed by atoms with E-state index in [1.807, 2.05) is 0 Å². The Kier molecular flexibility index (Phi) is 5.28. The third-order valence-electron chi connectivity index (χ3n) is 3.89. The van der Waals surface area contributed by atoms with Crippen LogP contribution in [-0.2, 0) is 15.8 Å². The maximum Gasteiger partial charge on any atom is 0.471 e. The lowest BCUT2D eigenvalue weighted by molar-refractivity contribution is -0.186. The van der Waals surface area contributed by atoms with Crippen molar-refractivity contribution in [1.82, 2.24) is 4.90 Å². The van der Waals surface area contributed by atoms with Gasteiger partial charge in [-0.3, -0.25) is 9.59 Å². The Balaban J connectivity index is 2.00. The molecule has 25 heavy (non-hydrogen) atoms. The molecule has 2 amide bonds. The number of carbonyl (C=O) groups excluding carboxylic acids is 2. The predicted octanol–water partition coefficient (Wildman–Crippen LogP) is 3.44. The summed E-state index contributed by atoms with van der Waals surface area (Å²) in [4.78, 5) is 23.8. The van der Waals surface area contributed by atoms with Gasteiger partial charge in [0, 0.05) is 19.0 Å². The van der Waals surface area contributed by atoms with E-state index in [-0.39, 0.29) is 25.9 Å². The normalized spacial score (nSPS) is 16.6. The maximum absolute atomic E-state index is 12.9. The summed E-state index contributed by atoms with van der Waals surface area (Å²) in [5, 5.41) is 2.18. The zero-order valence-corrected chi connectivity index (χ0v) is 12.7. The molecule has 1 fully saturated rings. The number of para-hydroxylation sites is 1. The summed E-state index contributed by atoms with van der Waals surface area (Å²) < 4.78 is 75.7. The first-order valence-electron chi connectivity index (χ1n) is 7.33. The molecule has 1 N–H and O–H groups in total. The number of amides is 2. The first-order chi connectivity index (χ1) is 11.5. The highest BCUT2D eigenvalue weighted by Gasteiger charge is 2.44. The van der Waals surface area contributed by atoms with Crippen LogP contribution in [0.1, 0.15) is 18.4 Å². The molecule has 0 spiro atoms. The van der Waals surface area contributed by atoms with Gasteiger partial charge in [0.25, 0.3) is 0 Å². The lowest BCUT2D eigenvalue weighted by Gasteiger charge is -2.31. The molecule has 0 saturated carbocycles. The van der Waals surface area contributed by atoms with Gasteiger partial charge in [-0.25, -0.2) is 0 Å². The van der Waals surface area contributed by atoms with Gasteiger partial charge < -0.3 is 10.2 Å². The number of benzene rings is 1. The number of halogens is 6. The number of piperidine rings is 1. The smallest absolute Gasteiger partial charge is 0.335 e. The minimum absolute atomic E-state index is 0.0537. The fourth-order valence-electron chi connectivity index (χ4n) is 2.60. The Morgan fingerprint density at radius 3 is 2.08 bits per heavy atom. The van der Waals surface area contributed by atoms with E-state index in [0.29, 0.717) is 4.90 Å². The van der Waals surface area contributed by atoms with Crippen molar-refractivity contribution >= 4 is 17.5 Å². The van der Waals surface area contributed by atoms with Gasteiger partial charge in [-0.2, -0.15) is 26.3 Å². The average molecular weight is 368 g/mol. The van der Waals surface area contributed by atoms with E-state index >= 15 is 0 Å². The number of anilines is 1. The van der Waals surface area contributed by atoms with Crippen molar-refractivity contribution in [2.75, 3.05) is 18.4 Å². The molecule has 4 nitrogen and oxygen atoms in total. The number of rotatable bonds is 2. The Morgan fingerprint density at radius 2 is 1.56 bits per heavy atom. The number of hydrogen-bond acceptors (Lipinski definition) is 2. The van der Waals surface area contributed by atoms with E-state index in [1.54, 1.807) is 0 Å². The second kappa shape index (κ2) is 6.93. The van der Waals surface area contributed by atoms with Crippen molar-refractivity contribution in [2.24, 2.45) is 5.92 Å². The highest BCUT2D eigenvalue weighted by molar-refractivity contribution is 5.93. The standard InChI is InChI=1S/C15H14F6N2O2/c16-14(17,18)10-3-1-2-4-11(10)22-12(24)9-5-7-23(8-6-9)13(25)15(19,20)21/h1-4,9H,5-8H2,(H,22,24). The topological polar surface area (TPSA) is 49.4 Å². The molecule has 0 aromatic heterocycles. The number of hydrogen-bond donors (Lipinski definition) is 1. The van der Waals surface area contributed by atoms with E-state index in [1.165, 1.54) is 12.1 Å². The summed E-state index contributed by atoms with van der Waals surface area (Å²) in [6.45, 7) is -0.561. The molecule has 10 heteroatoms. The molecule has 0 radical (unpaired) electrons. The molecular weight excluding hydrogens is 354 g/mol. The molecule has 0 bridgehead atoms. The Morgan fingerprint density at radius 1 is 1.00 bits per heavy atom. The van der Waals surface area contributed by atoms with Crippen molar-refractivity contribution in [3.63, 3.8) is 0 Å². The lowest BCUT2D eigenvalue weighted by atomic mass is 9.95. The van der Waals surface area contributed by atoms with E-state index in [9.17, 15) is 35.9 Å². The van der Waals surface area contributed by atoms with Gasteiger partial charge in [-0.15, -0.1) is 0 Å². The Hall–Kier alpha value is -2.26. The van der Waals surface area contributed by atoms with Gasteiger partial charge in [-0.1, -0.05) is 12.1 Å². The zero-order valence-electron chi connectivity index (χ0n) is 12.7. The second-order valence-corrected chi connectivity index (χ2v) is 5.60. The first-order valence-corrected chi connectivity index (χ1v) is 7.33. The summed E-state index contributed by atoms with van der Waals surface area (Å²) in [7, 11) is 0. The number of likely N-dealkylation sites (tertiary alicyclic amines) is 1. The van der Waals surface area contributed by atoms with Crippen LogP contribution >= 0.6 is 0 Å². The van der Waals surface area contributed by atoms with Crippen LogP contribution in [0.4, 0.5) is 32.0 Å². The van der Waals surface area contributed by atoms with Gasteiger partial charge in [0.2, 0.25) is 5.91 Å². The van der Waals surface area contributed by atoms with Crippen LogP contribution in [-0.4, -0.2) is 36.0 Å². The van der Waals surface area contributed by atoms with Gasteiger partial charge >= 0.3 is 18.3 Å². The summed E-state index contributed by atoms with van der Waals surface area (Å²) >= 11 is 0. The third-order valence-corrected chi connectivity index (χ3v) is 3.89. The number of nitrogens with one attached hydrogen (secondary N) is 1. The average Bonchev–Trinajstić information content (AvgIpc) is 2.53. The third kappa shape index (κ3) is 4.64. The first kappa shape index (κ1) is 19.1. The molecule has 1 heterocycles. The molecule has 2 rings (SSSR count). The van der Waals surface area contributed by atoms with Crippen LogP contribution in [0, 0.1) is 5.92 Å². The molecule has 0 aliphatic carbocycles. The number of carbonyl (C=O) groups is 2. The molecule has 1 saturated heterocycles. The molecule has 0 atom stereocenters. The number of nitrogens with zero attached hydrogens (tertiary/aromatic N) is 1. The molecular formula is C15H14F6N2O2. The van der Waals surface area contributed by atoms with E-state index in [2.05, 4.69) is 5.32 Å². The molecule has 0 unspecified atom stereocenters. The monoisotopic (exact) mass is 368 g/mol. The van der Waals surface area contributed by atoms with Crippen LogP contribution in [0.2, 0.25) is 0 Å². The summed E-state index contributed by atoms with van der Waals surface area (Å²) in [5.41, 5.74) is -1.41. The van der Waals surface area contributed by atoms with E-state index < -0.39 is 41.3 Å². The van der Waals surface area contributed by atoms with Crippen LogP contribution < -0.4 is 5.32 Å². The van der Waals surface area contributed by atoms with Crippen LogP contribution in [0.5, 0.6) is 0 Å². The quantitative estimate of drug-likeness (QED) is 0.813. The fraction of sp³-hybridized carbons (Fsp3) is 0.467. The van der Waals surface area contributed by atoms with Gasteiger partial charge in [0.1, 0.15) is 0 Å². The summed E-state index contributed by atoms with van der Waals surface area (Å²) in [6, 6.07) is 4.43. The Labute approximate surface area is 138 Å². The predicted molar refractivity (Wildman–Crippen MR) is 75.4 cm³/mol. The highest BCUT2D eigenvalue weighted by Crippen LogP contribution is 2.35. The minimum atomic E-state index is -4.99. The van der Waals surface area contributed by atoms with E-state index in [4.69, 9.17) is 0 Å².